The van der Waals surface area contributed by atoms with Crippen LogP contribution in [0.15, 0.2) is 12.3 Å². The molecule has 0 saturated heterocycles. The Hall–Kier alpha value is -1.37. The second-order valence-electron chi connectivity index (χ2n) is 5.75. The van der Waals surface area contributed by atoms with Gasteiger partial charge in [0.15, 0.2) is 0 Å². The van der Waals surface area contributed by atoms with Crippen molar-refractivity contribution in [1.29, 1.82) is 0 Å². The number of hydrogen-bond donors (Lipinski definition) is 3. The Kier molecular flexibility index (Phi) is 5.95. The van der Waals surface area contributed by atoms with Gasteiger partial charge in [0.25, 0.3) is 0 Å². The van der Waals surface area contributed by atoms with E-state index in [9.17, 15) is 15.0 Å². The van der Waals surface area contributed by atoms with Gasteiger partial charge in [0.2, 0.25) is 0 Å². The molecular weight excluding hydrogens is 296 g/mol. The van der Waals surface area contributed by atoms with E-state index >= 15 is 0 Å². The zero-order valence-corrected chi connectivity index (χ0v) is 13.3. The summed E-state index contributed by atoms with van der Waals surface area (Å²) in [5.41, 5.74) is 0.353. The van der Waals surface area contributed by atoms with Crippen LogP contribution in [-0.2, 0) is 4.74 Å². The molecule has 2 atom stereocenters. The maximum absolute atomic E-state index is 11.5. The average molecular weight is 317 g/mol. The number of carbonyl (C=O) groups is 1. The van der Waals surface area contributed by atoms with Crippen molar-refractivity contribution in [3.8, 4) is 0 Å². The molecule has 1 heterocycles. The molecule has 3 N–H and O–H groups in total. The first-order valence-electron chi connectivity index (χ1n) is 6.55. The monoisotopic (exact) mass is 316 g/mol. The van der Waals surface area contributed by atoms with Crippen LogP contribution in [0.25, 0.3) is 0 Å². The van der Waals surface area contributed by atoms with Gasteiger partial charge in [-0.3, -0.25) is 4.98 Å². The highest BCUT2D eigenvalue weighted by Crippen LogP contribution is 2.21. The summed E-state index contributed by atoms with van der Waals surface area (Å²) in [6.07, 6.45) is -1.70. The molecule has 1 aromatic heterocycles. The fourth-order valence-electron chi connectivity index (χ4n) is 1.66. The number of rotatable bonds is 4. The summed E-state index contributed by atoms with van der Waals surface area (Å²) in [6, 6.07) is 1.64. The maximum Gasteiger partial charge on any atom is 0.407 e. The van der Waals surface area contributed by atoms with E-state index in [0.717, 1.165) is 0 Å². The number of pyridine rings is 1. The quantitative estimate of drug-likeness (QED) is 0.790. The number of aliphatic hydroxyl groups excluding tert-OH is 2. The molecule has 0 bridgehead atoms. The summed E-state index contributed by atoms with van der Waals surface area (Å²) >= 11 is 5.79. The third-order valence-corrected chi connectivity index (χ3v) is 2.79. The fraction of sp³-hybridized carbons (Fsp3) is 0.571. The van der Waals surface area contributed by atoms with E-state index in [2.05, 4.69) is 10.3 Å². The Morgan fingerprint density at radius 1 is 1.48 bits per heavy atom. The highest BCUT2D eigenvalue weighted by Gasteiger charge is 2.23. The van der Waals surface area contributed by atoms with Crippen molar-refractivity contribution in [3.05, 3.63) is 28.5 Å². The molecular formula is C14H21ClN2O4. The molecule has 0 aliphatic rings. The average Bonchev–Trinajstić information content (AvgIpc) is 2.33. The van der Waals surface area contributed by atoms with Gasteiger partial charge >= 0.3 is 6.09 Å². The lowest BCUT2D eigenvalue weighted by atomic mass is 10.1. The van der Waals surface area contributed by atoms with Crippen molar-refractivity contribution in [2.75, 3.05) is 6.54 Å². The van der Waals surface area contributed by atoms with E-state index in [4.69, 9.17) is 16.3 Å². The second kappa shape index (κ2) is 7.06. The van der Waals surface area contributed by atoms with E-state index in [1.807, 2.05) is 0 Å². The van der Waals surface area contributed by atoms with Crippen LogP contribution in [0.2, 0.25) is 5.02 Å². The fourth-order valence-corrected chi connectivity index (χ4v) is 1.87. The van der Waals surface area contributed by atoms with E-state index in [-0.39, 0.29) is 6.54 Å². The highest BCUT2D eigenvalue weighted by atomic mass is 35.5. The summed E-state index contributed by atoms with van der Waals surface area (Å²) in [6.45, 7) is 6.78. The van der Waals surface area contributed by atoms with Crippen molar-refractivity contribution in [3.63, 3.8) is 0 Å². The molecule has 21 heavy (non-hydrogen) atoms. The molecule has 0 aromatic carbocycles. The van der Waals surface area contributed by atoms with E-state index in [0.29, 0.717) is 16.3 Å². The Labute approximate surface area is 129 Å². The lowest BCUT2D eigenvalue weighted by Crippen LogP contribution is -2.39. The highest BCUT2D eigenvalue weighted by molar-refractivity contribution is 6.30. The van der Waals surface area contributed by atoms with Gasteiger partial charge in [-0.15, -0.1) is 0 Å². The standard InChI is InChI=1S/C14H21ClN2O4/c1-8-5-9(15)6-16-11(8)12(19)10(18)7-17-13(20)21-14(2,3)4/h5-6,10,12,18-19H,7H2,1-4H3,(H,17,20). The number of aromatic nitrogens is 1. The zero-order valence-electron chi connectivity index (χ0n) is 12.6. The van der Waals surface area contributed by atoms with Gasteiger partial charge in [-0.25, -0.2) is 4.79 Å². The van der Waals surface area contributed by atoms with Crippen molar-refractivity contribution in [2.45, 2.75) is 45.5 Å². The largest absolute Gasteiger partial charge is 0.444 e. The maximum atomic E-state index is 11.5. The smallest absolute Gasteiger partial charge is 0.407 e. The molecule has 0 saturated carbocycles. The minimum atomic E-state index is -1.22. The molecule has 7 heteroatoms. The number of amides is 1. The van der Waals surface area contributed by atoms with Gasteiger partial charge in [-0.2, -0.15) is 0 Å². The predicted molar refractivity (Wildman–Crippen MR) is 79.2 cm³/mol. The van der Waals surface area contributed by atoms with Crippen LogP contribution >= 0.6 is 11.6 Å². The van der Waals surface area contributed by atoms with Crippen LogP contribution in [-0.4, -0.2) is 39.5 Å². The molecule has 118 valence electrons. The zero-order chi connectivity index (χ0) is 16.2. The molecule has 0 aliphatic heterocycles. The van der Waals surface area contributed by atoms with E-state index < -0.39 is 23.9 Å². The summed E-state index contributed by atoms with van der Waals surface area (Å²) < 4.78 is 5.04. The van der Waals surface area contributed by atoms with Crippen LogP contribution in [0.1, 0.15) is 38.1 Å². The third-order valence-electron chi connectivity index (χ3n) is 2.58. The minimum Gasteiger partial charge on any atom is -0.444 e. The first-order valence-corrected chi connectivity index (χ1v) is 6.93. The molecule has 0 fully saturated rings. The van der Waals surface area contributed by atoms with Crippen molar-refractivity contribution >= 4 is 17.7 Å². The topological polar surface area (TPSA) is 91.7 Å². The number of carbonyl (C=O) groups excluding carboxylic acids is 1. The van der Waals surface area contributed by atoms with Gasteiger partial charge < -0.3 is 20.3 Å². The van der Waals surface area contributed by atoms with Crippen LogP contribution in [0.3, 0.4) is 0 Å². The first kappa shape index (κ1) is 17.7. The number of nitrogens with one attached hydrogen (secondary N) is 1. The summed E-state index contributed by atoms with van der Waals surface area (Å²) in [5.74, 6) is 0. The summed E-state index contributed by atoms with van der Waals surface area (Å²) in [7, 11) is 0. The third kappa shape index (κ3) is 5.87. The van der Waals surface area contributed by atoms with Crippen molar-refractivity contribution in [1.82, 2.24) is 10.3 Å². The van der Waals surface area contributed by atoms with Crippen LogP contribution in [0, 0.1) is 6.92 Å². The van der Waals surface area contributed by atoms with Crippen molar-refractivity contribution < 1.29 is 19.7 Å². The number of nitrogens with zero attached hydrogens (tertiary/aromatic N) is 1. The Morgan fingerprint density at radius 3 is 2.62 bits per heavy atom. The molecule has 0 radical (unpaired) electrons. The molecule has 6 nitrogen and oxygen atoms in total. The molecule has 1 rings (SSSR count). The number of aryl methyl sites for hydroxylation is 1. The molecule has 1 aromatic rings. The van der Waals surface area contributed by atoms with Gasteiger partial charge in [0, 0.05) is 12.7 Å². The molecule has 2 unspecified atom stereocenters. The minimum absolute atomic E-state index is 0.153. The first-order chi connectivity index (χ1) is 9.60. The summed E-state index contributed by atoms with van der Waals surface area (Å²) in [5, 5.41) is 22.8. The van der Waals surface area contributed by atoms with Gasteiger partial charge in [-0.05, 0) is 39.3 Å². The van der Waals surface area contributed by atoms with Crippen LogP contribution in [0.5, 0.6) is 0 Å². The van der Waals surface area contributed by atoms with Gasteiger partial charge in [0.05, 0.1) is 10.7 Å². The normalized spacial score (nSPS) is 14.4. The van der Waals surface area contributed by atoms with Crippen LogP contribution < -0.4 is 5.32 Å². The molecule has 0 aliphatic carbocycles. The Balaban J connectivity index is 2.59. The molecule has 1 amide bonds. The number of alkyl carbamates (subject to hydrolysis) is 1. The number of aliphatic hydroxyl groups is 2. The lowest BCUT2D eigenvalue weighted by molar-refractivity contribution is 0.0106. The lowest BCUT2D eigenvalue weighted by Gasteiger charge is -2.22. The van der Waals surface area contributed by atoms with Crippen LogP contribution in [0.4, 0.5) is 4.79 Å². The summed E-state index contributed by atoms with van der Waals surface area (Å²) in [4.78, 5) is 15.5. The number of halogens is 1. The van der Waals surface area contributed by atoms with E-state index in [1.165, 1.54) is 6.20 Å². The Morgan fingerprint density at radius 2 is 2.10 bits per heavy atom. The van der Waals surface area contributed by atoms with Crippen molar-refractivity contribution in [2.24, 2.45) is 0 Å². The Bertz CT molecular complexity index is 502. The number of hydrogen-bond acceptors (Lipinski definition) is 5. The second-order valence-corrected chi connectivity index (χ2v) is 6.19. The van der Waals surface area contributed by atoms with Gasteiger partial charge in [-0.1, -0.05) is 11.6 Å². The predicted octanol–water partition coefficient (Wildman–Crippen LogP) is 1.96. The molecule has 0 spiro atoms. The SMILES string of the molecule is Cc1cc(Cl)cnc1C(O)C(O)CNC(=O)OC(C)(C)C. The van der Waals surface area contributed by atoms with Gasteiger partial charge in [0.1, 0.15) is 17.8 Å². The van der Waals surface area contributed by atoms with E-state index in [1.54, 1.807) is 33.8 Å². The number of ether oxygens (including phenoxy) is 1.